The van der Waals surface area contributed by atoms with Gasteiger partial charge in [-0.1, -0.05) is 67.6 Å². The van der Waals surface area contributed by atoms with Crippen LogP contribution in [0.25, 0.3) is 0 Å². The summed E-state index contributed by atoms with van der Waals surface area (Å²) in [6.07, 6.45) is 5.49. The molecule has 2 aliphatic rings. The number of nitrogens with zero attached hydrogens (tertiary/aromatic N) is 4. The third-order valence-corrected chi connectivity index (χ3v) is 8.23. The van der Waals surface area contributed by atoms with Gasteiger partial charge in [-0.15, -0.1) is 5.10 Å². The summed E-state index contributed by atoms with van der Waals surface area (Å²) in [5.74, 6) is -0.836. The number of carbonyl (C=O) groups excluding carboxylic acids is 3. The second-order valence-electron chi connectivity index (χ2n) is 13.4. The summed E-state index contributed by atoms with van der Waals surface area (Å²) in [4.78, 5) is 42.7. The summed E-state index contributed by atoms with van der Waals surface area (Å²) in [5, 5.41) is 21.9. The second-order valence-corrected chi connectivity index (χ2v) is 13.4. The molecule has 0 unspecified atom stereocenters. The predicted molar refractivity (Wildman–Crippen MR) is 161 cm³/mol. The lowest BCUT2D eigenvalue weighted by Crippen LogP contribution is -2.55. The molecule has 4 atom stereocenters. The minimum Gasteiger partial charge on any atom is -0.459 e. The number of methoxy groups -OCH3 is 1. The van der Waals surface area contributed by atoms with Gasteiger partial charge in [0.05, 0.1) is 11.9 Å². The Morgan fingerprint density at radius 2 is 1.75 bits per heavy atom. The first-order chi connectivity index (χ1) is 20.8. The van der Waals surface area contributed by atoms with E-state index in [4.69, 9.17) is 14.2 Å². The quantitative estimate of drug-likeness (QED) is 0.381. The smallest absolute Gasteiger partial charge is 0.408 e. The molecule has 1 aliphatic carbocycles. The van der Waals surface area contributed by atoms with E-state index in [-0.39, 0.29) is 19.1 Å². The van der Waals surface area contributed by atoms with Crippen molar-refractivity contribution < 1.29 is 33.7 Å². The monoisotopic (exact) mass is 613 g/mol. The van der Waals surface area contributed by atoms with Crippen molar-refractivity contribution in [3.8, 4) is 0 Å². The zero-order chi connectivity index (χ0) is 32.1. The summed E-state index contributed by atoms with van der Waals surface area (Å²) < 4.78 is 18.7. The number of nitrogens with one attached hydrogen (secondary N) is 1. The largest absolute Gasteiger partial charge is 0.459 e. The first-order valence-electron chi connectivity index (χ1n) is 15.4. The third kappa shape index (κ3) is 8.35. The number of hydrogen-bond donors (Lipinski definition) is 2. The van der Waals surface area contributed by atoms with Crippen molar-refractivity contribution in [3.05, 3.63) is 47.8 Å². The number of esters is 1. The predicted octanol–water partition coefficient (Wildman–Crippen LogP) is 3.88. The Bertz CT molecular complexity index is 1260. The van der Waals surface area contributed by atoms with Crippen LogP contribution in [0.15, 0.2) is 36.5 Å². The van der Waals surface area contributed by atoms with Gasteiger partial charge in [0.2, 0.25) is 5.91 Å². The Hall–Kier alpha value is -3.51. The molecular formula is C32H47N5O7. The van der Waals surface area contributed by atoms with Crippen molar-refractivity contribution in [2.75, 3.05) is 13.7 Å². The van der Waals surface area contributed by atoms with Crippen LogP contribution >= 0.6 is 0 Å². The van der Waals surface area contributed by atoms with E-state index in [1.54, 1.807) is 34.6 Å². The van der Waals surface area contributed by atoms with Crippen molar-refractivity contribution in [3.63, 3.8) is 0 Å². The van der Waals surface area contributed by atoms with Crippen molar-refractivity contribution in [2.45, 2.75) is 115 Å². The molecule has 0 spiro atoms. The van der Waals surface area contributed by atoms with Gasteiger partial charge >= 0.3 is 12.1 Å². The number of ether oxygens (including phenoxy) is 3. The van der Waals surface area contributed by atoms with Crippen molar-refractivity contribution in [2.24, 2.45) is 5.92 Å². The molecule has 0 radical (unpaired) electrons. The van der Waals surface area contributed by atoms with Gasteiger partial charge in [0, 0.05) is 13.7 Å². The number of aromatic nitrogens is 3. The first-order valence-corrected chi connectivity index (χ1v) is 15.4. The zero-order valence-corrected chi connectivity index (χ0v) is 26.7. The Labute approximate surface area is 259 Å². The molecule has 0 bridgehead atoms. The van der Waals surface area contributed by atoms with Gasteiger partial charge in [-0.3, -0.25) is 4.79 Å². The highest BCUT2D eigenvalue weighted by Gasteiger charge is 2.52. The molecule has 12 nitrogen and oxygen atoms in total. The molecule has 2 fully saturated rings. The van der Waals surface area contributed by atoms with Crippen molar-refractivity contribution in [1.82, 2.24) is 25.2 Å². The van der Waals surface area contributed by atoms with Crippen LogP contribution in [0.4, 0.5) is 4.79 Å². The number of benzene rings is 1. The molecule has 2 aromatic rings. The zero-order valence-electron chi connectivity index (χ0n) is 26.7. The maximum absolute atomic E-state index is 14.5. The summed E-state index contributed by atoms with van der Waals surface area (Å²) in [7, 11) is 1.46. The van der Waals surface area contributed by atoms with E-state index in [0.29, 0.717) is 12.1 Å². The van der Waals surface area contributed by atoms with E-state index in [9.17, 15) is 19.5 Å². The Balaban J connectivity index is 1.68. The molecule has 4 rings (SSSR count). The molecule has 2 heterocycles. The first kappa shape index (κ1) is 33.4. The fraction of sp³-hybridized carbons (Fsp3) is 0.656. The molecule has 12 heteroatoms. The van der Waals surface area contributed by atoms with E-state index >= 15 is 0 Å². The highest BCUT2D eigenvalue weighted by Crippen LogP contribution is 2.35. The Morgan fingerprint density at radius 3 is 2.36 bits per heavy atom. The van der Waals surface area contributed by atoms with Gasteiger partial charge in [-0.2, -0.15) is 0 Å². The lowest BCUT2D eigenvalue weighted by Gasteiger charge is -2.32. The van der Waals surface area contributed by atoms with Crippen molar-refractivity contribution in [1.29, 1.82) is 0 Å². The minimum atomic E-state index is -1.30. The molecule has 1 aromatic heterocycles. The summed E-state index contributed by atoms with van der Waals surface area (Å²) >= 11 is 0. The number of likely N-dealkylation sites (tertiary alicyclic amines) is 1. The topological polar surface area (TPSA) is 145 Å². The van der Waals surface area contributed by atoms with Crippen LogP contribution in [0, 0.1) is 5.92 Å². The highest BCUT2D eigenvalue weighted by molar-refractivity contribution is 5.91. The van der Waals surface area contributed by atoms with E-state index in [1.807, 2.05) is 30.3 Å². The Morgan fingerprint density at radius 1 is 1.07 bits per heavy atom. The average molecular weight is 614 g/mol. The number of alkyl carbamates (subject to hydrolysis) is 1. The number of amides is 2. The van der Waals surface area contributed by atoms with E-state index < -0.39 is 53.4 Å². The SMILES string of the molecule is CO[C@@H]1[C@@H](C(=O)OCc2ccccc2)N(C(=O)[C@@H](CC2CCCCC2)NC(=O)OC(C)(C)C)C[C@H]1n1nncc1C(C)(C)O. The summed E-state index contributed by atoms with van der Waals surface area (Å²) in [5.41, 5.74) is -0.859. The number of rotatable bonds is 10. The van der Waals surface area contributed by atoms with Crippen LogP contribution < -0.4 is 5.32 Å². The van der Waals surface area contributed by atoms with Crippen molar-refractivity contribution >= 4 is 18.0 Å². The number of aliphatic hydroxyl groups is 1. The van der Waals surface area contributed by atoms with Crippen LogP contribution in [0.3, 0.4) is 0 Å². The van der Waals surface area contributed by atoms with Gasteiger partial charge in [0.15, 0.2) is 6.04 Å². The van der Waals surface area contributed by atoms with Crippen LogP contribution in [-0.4, -0.2) is 80.4 Å². The fourth-order valence-electron chi connectivity index (χ4n) is 6.17. The number of hydrogen-bond acceptors (Lipinski definition) is 9. The molecule has 242 valence electrons. The summed E-state index contributed by atoms with van der Waals surface area (Å²) in [6, 6.07) is 6.52. The van der Waals surface area contributed by atoms with E-state index in [0.717, 1.165) is 37.7 Å². The molecule has 1 saturated carbocycles. The van der Waals surface area contributed by atoms with Gasteiger partial charge in [-0.25, -0.2) is 14.3 Å². The molecule has 1 aromatic carbocycles. The lowest BCUT2D eigenvalue weighted by atomic mass is 9.84. The highest BCUT2D eigenvalue weighted by atomic mass is 16.6. The van der Waals surface area contributed by atoms with Gasteiger partial charge in [-0.05, 0) is 52.5 Å². The molecule has 1 aliphatic heterocycles. The van der Waals surface area contributed by atoms with Crippen LogP contribution in [-0.2, 0) is 36.0 Å². The molecule has 1 saturated heterocycles. The third-order valence-electron chi connectivity index (χ3n) is 8.23. The maximum atomic E-state index is 14.5. The van der Waals surface area contributed by atoms with Crippen LogP contribution in [0.1, 0.15) is 90.4 Å². The molecular weight excluding hydrogens is 566 g/mol. The second kappa shape index (κ2) is 14.1. The minimum absolute atomic E-state index is 0.0131. The van der Waals surface area contributed by atoms with Gasteiger partial charge in [0.1, 0.15) is 36.0 Å². The van der Waals surface area contributed by atoms with Gasteiger partial charge in [0.25, 0.3) is 0 Å². The molecule has 2 amide bonds. The summed E-state index contributed by atoms with van der Waals surface area (Å²) in [6.45, 7) is 8.53. The van der Waals surface area contributed by atoms with E-state index in [2.05, 4.69) is 15.6 Å². The maximum Gasteiger partial charge on any atom is 0.408 e. The van der Waals surface area contributed by atoms with Gasteiger partial charge < -0.3 is 29.5 Å². The Kier molecular flexibility index (Phi) is 10.7. The normalized spacial score (nSPS) is 22.0. The standard InChI is InChI=1S/C32H47N5O7/c1-31(2,3)44-30(40)34-23(17-21-13-9-7-10-14-21)28(38)36-19-24(37-25(18-33-35-37)32(4,5)41)27(42-6)26(36)29(39)43-20-22-15-11-8-12-16-22/h8,11-12,15-16,18,21,23-24,26-27,41H,7,9-10,13-14,17,19-20H2,1-6H3,(H,34,40)/t23-,24-,26+,27+/m1/s1. The molecule has 2 N–H and O–H groups in total. The average Bonchev–Trinajstić information content (AvgIpc) is 3.60. The fourth-order valence-corrected chi connectivity index (χ4v) is 6.17. The molecule has 44 heavy (non-hydrogen) atoms. The van der Waals surface area contributed by atoms with Crippen LogP contribution in [0.2, 0.25) is 0 Å². The number of carbonyl (C=O) groups is 3. The lowest BCUT2D eigenvalue weighted by molar-refractivity contribution is -0.159. The van der Waals surface area contributed by atoms with E-state index in [1.165, 1.54) is 22.9 Å². The van der Waals surface area contributed by atoms with Crippen LogP contribution in [0.5, 0.6) is 0 Å².